The number of hydrogen-bond acceptors (Lipinski definition) is 4. The quantitative estimate of drug-likeness (QED) is 0.107. The Bertz CT molecular complexity index is 1670. The lowest BCUT2D eigenvalue weighted by molar-refractivity contribution is -0.122. The summed E-state index contributed by atoms with van der Waals surface area (Å²) in [7, 11) is -3.85. The van der Waals surface area contributed by atoms with E-state index in [0.717, 1.165) is 47.7 Å². The number of fused-ring (bicyclic) bond motifs is 1. The van der Waals surface area contributed by atoms with Crippen LogP contribution < -0.4 is 20.7 Å². The van der Waals surface area contributed by atoms with Gasteiger partial charge in [0.2, 0.25) is 5.91 Å². The van der Waals surface area contributed by atoms with Crippen LogP contribution in [-0.4, -0.2) is 37.9 Å². The lowest BCUT2D eigenvalue weighted by Crippen LogP contribution is -2.49. The number of anilines is 2. The maximum absolute atomic E-state index is 13.2. The Morgan fingerprint density at radius 3 is 2.34 bits per heavy atom. The second-order valence-corrected chi connectivity index (χ2v) is 13.7. The lowest BCUT2D eigenvalue weighted by Gasteiger charge is -2.19. The highest BCUT2D eigenvalue weighted by atomic mass is 32.2. The second kappa shape index (κ2) is 14.4. The van der Waals surface area contributed by atoms with E-state index in [2.05, 4.69) is 53.4 Å². The van der Waals surface area contributed by atoms with E-state index in [1.165, 1.54) is 6.07 Å². The number of nitrogens with one attached hydrogen (secondary N) is 5. The van der Waals surface area contributed by atoms with E-state index in [4.69, 9.17) is 0 Å². The molecule has 9 nitrogen and oxygen atoms in total. The molecule has 44 heavy (non-hydrogen) atoms. The number of carbonyl (C=O) groups is 2. The van der Waals surface area contributed by atoms with Gasteiger partial charge in [0.05, 0.1) is 10.6 Å². The van der Waals surface area contributed by atoms with Crippen LogP contribution in [0, 0.1) is 0 Å². The van der Waals surface area contributed by atoms with Crippen molar-refractivity contribution in [3.63, 3.8) is 0 Å². The van der Waals surface area contributed by atoms with E-state index in [1.54, 1.807) is 30.3 Å². The Labute approximate surface area is 260 Å². The molecule has 0 saturated heterocycles. The maximum atomic E-state index is 13.2. The molecule has 0 bridgehead atoms. The third kappa shape index (κ3) is 8.86. The number of amides is 3. The second-order valence-electron chi connectivity index (χ2n) is 12.0. The predicted octanol–water partition coefficient (Wildman–Crippen LogP) is 6.70. The number of urea groups is 1. The van der Waals surface area contributed by atoms with Crippen LogP contribution in [0.3, 0.4) is 0 Å². The Kier molecular flexibility index (Phi) is 10.7. The van der Waals surface area contributed by atoms with Gasteiger partial charge in [0.25, 0.3) is 10.0 Å². The van der Waals surface area contributed by atoms with Gasteiger partial charge in [0, 0.05) is 35.8 Å². The number of para-hydroxylation sites is 1. The van der Waals surface area contributed by atoms with Gasteiger partial charge < -0.3 is 20.9 Å². The molecule has 0 aliphatic carbocycles. The highest BCUT2D eigenvalue weighted by Gasteiger charge is 2.23. The molecule has 0 saturated carbocycles. The van der Waals surface area contributed by atoms with Crippen LogP contribution in [0.5, 0.6) is 0 Å². The Hall–Kier alpha value is -4.31. The van der Waals surface area contributed by atoms with E-state index in [1.807, 2.05) is 42.6 Å². The standard InChI is InChI=1S/C34H43N5O4S/c1-5-6-7-10-20-35-32(40)31(21-24-23-36-30-15-9-8-14-29(24)30)38-33(41)37-26-12-11-13-27(22-26)39-44(42,43)28-18-16-25(17-19-28)34(2,3)4/h8-9,11-19,22-23,31,36,39H,5-7,10,20-21H2,1-4H3,(H,35,40)(H2,37,38,41)/t31-/m1/s1. The molecule has 0 aliphatic heterocycles. The van der Waals surface area contributed by atoms with Gasteiger partial charge in [-0.2, -0.15) is 0 Å². The first-order chi connectivity index (χ1) is 21.0. The summed E-state index contributed by atoms with van der Waals surface area (Å²) in [4.78, 5) is 29.7. The maximum Gasteiger partial charge on any atom is 0.319 e. The third-order valence-electron chi connectivity index (χ3n) is 7.45. The van der Waals surface area contributed by atoms with Gasteiger partial charge in [-0.3, -0.25) is 9.52 Å². The molecule has 0 fully saturated rings. The molecular formula is C34H43N5O4S. The number of rotatable bonds is 13. The molecule has 5 N–H and O–H groups in total. The summed E-state index contributed by atoms with van der Waals surface area (Å²) in [5.74, 6) is -0.263. The van der Waals surface area contributed by atoms with Crippen molar-refractivity contribution < 1.29 is 18.0 Å². The molecule has 3 aromatic carbocycles. The topological polar surface area (TPSA) is 132 Å². The van der Waals surface area contributed by atoms with Gasteiger partial charge in [-0.25, -0.2) is 13.2 Å². The van der Waals surface area contributed by atoms with Crippen LogP contribution in [0.1, 0.15) is 64.5 Å². The monoisotopic (exact) mass is 617 g/mol. The summed E-state index contributed by atoms with van der Waals surface area (Å²) in [6.07, 6.45) is 6.26. The third-order valence-corrected chi connectivity index (χ3v) is 8.85. The SMILES string of the molecule is CCCCCCNC(=O)[C@@H](Cc1c[nH]c2ccccc12)NC(=O)Nc1cccc(NS(=O)(=O)c2ccc(C(C)(C)C)cc2)c1. The van der Waals surface area contributed by atoms with Crippen molar-refractivity contribution in [2.45, 2.75) is 76.2 Å². The van der Waals surface area contributed by atoms with Crippen LogP contribution in [-0.2, 0) is 26.7 Å². The van der Waals surface area contributed by atoms with Crippen LogP contribution in [0.2, 0.25) is 0 Å². The minimum absolute atomic E-state index is 0.0972. The number of benzene rings is 3. The zero-order valence-electron chi connectivity index (χ0n) is 25.9. The minimum Gasteiger partial charge on any atom is -0.361 e. The average Bonchev–Trinajstić information content (AvgIpc) is 3.39. The van der Waals surface area contributed by atoms with Gasteiger partial charge in [0.1, 0.15) is 6.04 Å². The van der Waals surface area contributed by atoms with Crippen molar-refractivity contribution >= 4 is 44.2 Å². The van der Waals surface area contributed by atoms with Crippen molar-refractivity contribution in [1.29, 1.82) is 0 Å². The minimum atomic E-state index is -3.85. The Balaban J connectivity index is 1.44. The Morgan fingerprint density at radius 1 is 0.886 bits per heavy atom. The molecule has 1 aromatic heterocycles. The first-order valence-electron chi connectivity index (χ1n) is 15.1. The molecule has 0 spiro atoms. The van der Waals surface area contributed by atoms with Gasteiger partial charge in [-0.05, 0) is 59.4 Å². The zero-order valence-corrected chi connectivity index (χ0v) is 26.7. The summed E-state index contributed by atoms with van der Waals surface area (Å²) in [6.45, 7) is 8.86. The molecule has 0 radical (unpaired) electrons. The smallest absolute Gasteiger partial charge is 0.319 e. The van der Waals surface area contributed by atoms with E-state index in [-0.39, 0.29) is 16.2 Å². The highest BCUT2D eigenvalue weighted by molar-refractivity contribution is 7.92. The fraction of sp³-hybridized carbons (Fsp3) is 0.353. The van der Waals surface area contributed by atoms with E-state index in [9.17, 15) is 18.0 Å². The molecule has 1 atom stereocenters. The summed E-state index contributed by atoms with van der Waals surface area (Å²) < 4.78 is 28.7. The average molecular weight is 618 g/mol. The zero-order chi connectivity index (χ0) is 31.7. The van der Waals surface area contributed by atoms with Crippen molar-refractivity contribution in [2.75, 3.05) is 16.6 Å². The number of unbranched alkanes of at least 4 members (excludes halogenated alkanes) is 3. The summed E-state index contributed by atoms with van der Waals surface area (Å²) in [5, 5.41) is 9.52. The highest BCUT2D eigenvalue weighted by Crippen LogP contribution is 2.25. The molecule has 1 heterocycles. The van der Waals surface area contributed by atoms with Gasteiger partial charge in [0.15, 0.2) is 0 Å². The van der Waals surface area contributed by atoms with Crippen molar-refractivity contribution in [2.24, 2.45) is 0 Å². The molecule has 0 aliphatic rings. The fourth-order valence-electron chi connectivity index (χ4n) is 4.95. The first kappa shape index (κ1) is 32.6. The predicted molar refractivity (Wildman–Crippen MR) is 177 cm³/mol. The van der Waals surface area contributed by atoms with Gasteiger partial charge >= 0.3 is 6.03 Å². The number of H-pyrrole nitrogens is 1. The van der Waals surface area contributed by atoms with Crippen LogP contribution in [0.4, 0.5) is 16.2 Å². The molecule has 234 valence electrons. The first-order valence-corrected chi connectivity index (χ1v) is 16.6. The molecular weight excluding hydrogens is 574 g/mol. The number of aromatic nitrogens is 1. The van der Waals surface area contributed by atoms with Crippen LogP contribution >= 0.6 is 0 Å². The van der Waals surface area contributed by atoms with Gasteiger partial charge in [-0.1, -0.05) is 83.4 Å². The van der Waals surface area contributed by atoms with Crippen LogP contribution in [0.15, 0.2) is 83.9 Å². The van der Waals surface area contributed by atoms with E-state index >= 15 is 0 Å². The van der Waals surface area contributed by atoms with Gasteiger partial charge in [-0.15, -0.1) is 0 Å². The number of carbonyl (C=O) groups excluding carboxylic acids is 2. The lowest BCUT2D eigenvalue weighted by atomic mass is 9.87. The summed E-state index contributed by atoms with van der Waals surface area (Å²) in [5.41, 5.74) is 3.47. The number of aromatic amines is 1. The molecule has 4 aromatic rings. The summed E-state index contributed by atoms with van der Waals surface area (Å²) in [6, 6.07) is 19.6. The normalized spacial score (nSPS) is 12.5. The van der Waals surface area contributed by atoms with E-state index in [0.29, 0.717) is 24.3 Å². The molecule has 3 amide bonds. The fourth-order valence-corrected chi connectivity index (χ4v) is 6.00. The molecule has 10 heteroatoms. The largest absolute Gasteiger partial charge is 0.361 e. The van der Waals surface area contributed by atoms with Crippen LogP contribution in [0.25, 0.3) is 10.9 Å². The van der Waals surface area contributed by atoms with Crippen molar-refractivity contribution in [3.05, 3.63) is 90.1 Å². The van der Waals surface area contributed by atoms with E-state index < -0.39 is 22.1 Å². The molecule has 0 unspecified atom stereocenters. The summed E-state index contributed by atoms with van der Waals surface area (Å²) >= 11 is 0. The number of sulfonamides is 1. The van der Waals surface area contributed by atoms with Crippen molar-refractivity contribution in [1.82, 2.24) is 15.6 Å². The number of hydrogen-bond donors (Lipinski definition) is 5. The Morgan fingerprint density at radius 2 is 1.61 bits per heavy atom. The molecule has 4 rings (SSSR count). The van der Waals surface area contributed by atoms with Crippen molar-refractivity contribution in [3.8, 4) is 0 Å².